The molecular formula is C28H33F3N4O6S. The molecule has 0 radical (unpaired) electrons. The van der Waals surface area contributed by atoms with Crippen LogP contribution in [-0.2, 0) is 22.6 Å². The highest BCUT2D eigenvalue weighted by Crippen LogP contribution is 2.39. The first-order valence-electron chi connectivity index (χ1n) is 13.4. The maximum absolute atomic E-state index is 13.7. The van der Waals surface area contributed by atoms with Crippen molar-refractivity contribution in [2.75, 3.05) is 26.4 Å². The molecule has 0 aliphatic carbocycles. The molecule has 0 aliphatic heterocycles. The second-order valence-corrected chi connectivity index (χ2v) is 10.1. The fraction of sp³-hybridized carbons (Fsp3) is 0.429. The number of thiophene rings is 1. The molecule has 228 valence electrons. The monoisotopic (exact) mass is 610 g/mol. The van der Waals surface area contributed by atoms with E-state index >= 15 is 0 Å². The number of pyridine rings is 1. The van der Waals surface area contributed by atoms with Gasteiger partial charge in [0.05, 0.1) is 23.2 Å². The van der Waals surface area contributed by atoms with Crippen molar-refractivity contribution in [3.63, 3.8) is 0 Å². The SMILES string of the molecule is CCCCn1c(=O)c2c(OCCOCC)c(C(=O)NCCCn3ccnc3)sc2c2ccccc21.O=C(O)C(F)(F)F. The normalized spacial score (nSPS) is 11.4. The van der Waals surface area contributed by atoms with Crippen LogP contribution in [0.5, 0.6) is 5.75 Å². The number of aryl methyl sites for hydroxylation is 2. The molecule has 0 spiro atoms. The second kappa shape index (κ2) is 15.4. The number of halogens is 3. The van der Waals surface area contributed by atoms with Gasteiger partial charge in [-0.2, -0.15) is 13.2 Å². The molecule has 0 unspecified atom stereocenters. The molecule has 4 rings (SSSR count). The number of rotatable bonds is 13. The van der Waals surface area contributed by atoms with E-state index in [2.05, 4.69) is 17.2 Å². The number of carboxylic acids is 1. The average Bonchev–Trinajstić information content (AvgIpc) is 3.62. The Morgan fingerprint density at radius 3 is 2.50 bits per heavy atom. The minimum atomic E-state index is -5.08. The lowest BCUT2D eigenvalue weighted by atomic mass is 10.1. The van der Waals surface area contributed by atoms with Crippen LogP contribution in [0.4, 0.5) is 13.2 Å². The number of ether oxygens (including phenoxy) is 2. The molecule has 0 aliphatic rings. The Labute approximate surface area is 243 Å². The summed E-state index contributed by atoms with van der Waals surface area (Å²) in [6, 6.07) is 7.88. The van der Waals surface area contributed by atoms with E-state index in [0.29, 0.717) is 42.3 Å². The third-order valence-electron chi connectivity index (χ3n) is 6.06. The van der Waals surface area contributed by atoms with Gasteiger partial charge in [-0.25, -0.2) is 9.78 Å². The molecule has 2 N–H and O–H groups in total. The molecule has 0 saturated heterocycles. The summed E-state index contributed by atoms with van der Waals surface area (Å²) in [6.45, 7) is 7.14. The highest BCUT2D eigenvalue weighted by atomic mass is 32.1. The number of alkyl halides is 3. The number of carbonyl (C=O) groups is 2. The van der Waals surface area contributed by atoms with Crippen molar-refractivity contribution < 1.29 is 37.3 Å². The number of carboxylic acid groups (broad SMARTS) is 1. The Kier molecular flexibility index (Phi) is 11.9. The van der Waals surface area contributed by atoms with Gasteiger partial charge in [-0.05, 0) is 25.8 Å². The second-order valence-electron chi connectivity index (χ2n) is 9.05. The summed E-state index contributed by atoms with van der Waals surface area (Å²) in [5.41, 5.74) is 0.766. The summed E-state index contributed by atoms with van der Waals surface area (Å²) >= 11 is 1.32. The first-order valence-corrected chi connectivity index (χ1v) is 14.2. The smallest absolute Gasteiger partial charge is 0.489 e. The fourth-order valence-electron chi connectivity index (χ4n) is 4.08. The first kappa shape index (κ1) is 32.6. The van der Waals surface area contributed by atoms with E-state index in [1.165, 1.54) is 11.3 Å². The number of unbranched alkanes of at least 4 members (excludes halogenated alkanes) is 1. The number of aliphatic carboxylic acids is 1. The van der Waals surface area contributed by atoms with Crippen LogP contribution >= 0.6 is 11.3 Å². The predicted octanol–water partition coefficient (Wildman–Crippen LogP) is 5.08. The largest absolute Gasteiger partial charge is 0.490 e. The number of carbonyl (C=O) groups excluding carboxylic acids is 1. The molecule has 1 amide bonds. The van der Waals surface area contributed by atoms with E-state index in [1.807, 2.05) is 46.5 Å². The van der Waals surface area contributed by atoms with Gasteiger partial charge < -0.3 is 29.0 Å². The number of amides is 1. The van der Waals surface area contributed by atoms with E-state index in [9.17, 15) is 22.8 Å². The molecule has 1 aromatic carbocycles. The quantitative estimate of drug-likeness (QED) is 0.202. The lowest BCUT2D eigenvalue weighted by Crippen LogP contribution is -2.25. The zero-order valence-corrected chi connectivity index (χ0v) is 24.1. The fourth-order valence-corrected chi connectivity index (χ4v) is 5.27. The Balaban J connectivity index is 0.000000616. The Morgan fingerprint density at radius 1 is 1.12 bits per heavy atom. The minimum absolute atomic E-state index is 0.117. The zero-order valence-electron chi connectivity index (χ0n) is 23.3. The molecule has 3 heterocycles. The van der Waals surface area contributed by atoms with Crippen molar-refractivity contribution in [2.45, 2.75) is 52.4 Å². The van der Waals surface area contributed by atoms with Crippen molar-refractivity contribution >= 4 is 44.2 Å². The van der Waals surface area contributed by atoms with Crippen molar-refractivity contribution in [3.05, 3.63) is 58.2 Å². The number of imidazole rings is 1. The van der Waals surface area contributed by atoms with Gasteiger partial charge in [0.1, 0.15) is 16.9 Å². The third kappa shape index (κ3) is 8.32. The van der Waals surface area contributed by atoms with Crippen molar-refractivity contribution in [2.24, 2.45) is 0 Å². The lowest BCUT2D eigenvalue weighted by Gasteiger charge is -2.12. The summed E-state index contributed by atoms with van der Waals surface area (Å²) in [5, 5.41) is 11.6. The van der Waals surface area contributed by atoms with Crippen LogP contribution in [0, 0.1) is 0 Å². The molecular weight excluding hydrogens is 577 g/mol. The van der Waals surface area contributed by atoms with Gasteiger partial charge in [0, 0.05) is 44.0 Å². The number of benzene rings is 1. The molecule has 0 fully saturated rings. The molecule has 10 nitrogen and oxygen atoms in total. The van der Waals surface area contributed by atoms with Gasteiger partial charge in [0.25, 0.3) is 11.5 Å². The third-order valence-corrected chi connectivity index (χ3v) is 7.27. The highest BCUT2D eigenvalue weighted by molar-refractivity contribution is 7.22. The highest BCUT2D eigenvalue weighted by Gasteiger charge is 2.38. The Morgan fingerprint density at radius 2 is 1.86 bits per heavy atom. The van der Waals surface area contributed by atoms with Gasteiger partial charge >= 0.3 is 12.1 Å². The molecule has 0 atom stereocenters. The number of para-hydroxylation sites is 1. The summed E-state index contributed by atoms with van der Waals surface area (Å²) in [5.74, 6) is -2.63. The van der Waals surface area contributed by atoms with Gasteiger partial charge in [-0.15, -0.1) is 11.3 Å². The van der Waals surface area contributed by atoms with Crippen molar-refractivity contribution in [3.8, 4) is 5.75 Å². The van der Waals surface area contributed by atoms with Crippen molar-refractivity contribution in [1.29, 1.82) is 0 Å². The molecule has 4 aromatic rings. The van der Waals surface area contributed by atoms with Gasteiger partial charge in [-0.1, -0.05) is 31.5 Å². The van der Waals surface area contributed by atoms with E-state index in [4.69, 9.17) is 19.4 Å². The number of nitrogens with zero attached hydrogens (tertiary/aromatic N) is 3. The van der Waals surface area contributed by atoms with Crippen LogP contribution in [0.1, 0.15) is 42.8 Å². The van der Waals surface area contributed by atoms with E-state index < -0.39 is 12.1 Å². The molecule has 14 heteroatoms. The molecule has 42 heavy (non-hydrogen) atoms. The predicted molar refractivity (Wildman–Crippen MR) is 153 cm³/mol. The molecule has 3 aromatic heterocycles. The van der Waals surface area contributed by atoms with Crippen molar-refractivity contribution in [1.82, 2.24) is 19.4 Å². The average molecular weight is 611 g/mol. The van der Waals surface area contributed by atoms with Crippen LogP contribution in [0.15, 0.2) is 47.8 Å². The summed E-state index contributed by atoms with van der Waals surface area (Å²) in [4.78, 5) is 40.3. The summed E-state index contributed by atoms with van der Waals surface area (Å²) in [7, 11) is 0. The van der Waals surface area contributed by atoms with Crippen LogP contribution in [0.2, 0.25) is 0 Å². The lowest BCUT2D eigenvalue weighted by molar-refractivity contribution is -0.192. The Bertz CT molecular complexity index is 1530. The van der Waals surface area contributed by atoms with E-state index in [0.717, 1.165) is 41.4 Å². The number of nitrogens with one attached hydrogen (secondary N) is 1. The first-order chi connectivity index (χ1) is 20.1. The van der Waals surface area contributed by atoms with E-state index in [1.54, 1.807) is 12.5 Å². The van der Waals surface area contributed by atoms with Gasteiger partial charge in [-0.3, -0.25) is 9.59 Å². The minimum Gasteiger partial charge on any atom is -0.489 e. The maximum atomic E-state index is 13.7. The maximum Gasteiger partial charge on any atom is 0.490 e. The Hall–Kier alpha value is -3.91. The number of aromatic nitrogens is 3. The standard InChI is InChI=1S/C26H32N4O4S.C2HF3O2/c1-3-5-14-30-20-10-7-6-9-19(20)23-21(26(30)32)22(34-17-16-33-4-2)24(35-23)25(31)28-11-8-13-29-15-12-27-18-29;3-2(4,5)1(6)7/h6-7,9-10,12,15,18H,3-5,8,11,13-14,16-17H2,1-2H3,(H,28,31);(H,6,7). The van der Waals surface area contributed by atoms with Crippen LogP contribution < -0.4 is 15.6 Å². The summed E-state index contributed by atoms with van der Waals surface area (Å²) in [6.07, 6.45) is 2.94. The number of hydrogen-bond donors (Lipinski definition) is 2. The zero-order chi connectivity index (χ0) is 30.7. The molecule has 0 saturated carbocycles. The van der Waals surface area contributed by atoms with E-state index in [-0.39, 0.29) is 18.1 Å². The molecule has 0 bridgehead atoms. The number of hydrogen-bond acceptors (Lipinski definition) is 7. The van der Waals surface area contributed by atoms with Crippen LogP contribution in [0.25, 0.3) is 21.0 Å². The van der Waals surface area contributed by atoms with Crippen LogP contribution in [0.3, 0.4) is 0 Å². The topological polar surface area (TPSA) is 125 Å². The van der Waals surface area contributed by atoms with Gasteiger partial charge in [0.15, 0.2) is 5.75 Å². The number of fused-ring (bicyclic) bond motifs is 3. The van der Waals surface area contributed by atoms with Crippen LogP contribution in [-0.4, -0.2) is 63.6 Å². The summed E-state index contributed by atoms with van der Waals surface area (Å²) < 4.78 is 47.8. The van der Waals surface area contributed by atoms with Gasteiger partial charge in [0.2, 0.25) is 0 Å².